The molecule has 3 aromatic carbocycles. The number of anilines is 2. The summed E-state index contributed by atoms with van der Waals surface area (Å²) >= 11 is 13.6. The van der Waals surface area contributed by atoms with Crippen LogP contribution >= 0.6 is 35.0 Å². The van der Waals surface area contributed by atoms with E-state index in [4.69, 9.17) is 23.2 Å². The molecule has 0 aliphatic carbocycles. The number of aryl methyl sites for hydroxylation is 1. The summed E-state index contributed by atoms with van der Waals surface area (Å²) in [5, 5.41) is 3.88. The summed E-state index contributed by atoms with van der Waals surface area (Å²) in [5.41, 5.74) is 2.82. The van der Waals surface area contributed by atoms with Gasteiger partial charge in [0, 0.05) is 27.2 Å². The van der Waals surface area contributed by atoms with Crippen LogP contribution < -0.4 is 10.0 Å². The van der Waals surface area contributed by atoms with Gasteiger partial charge in [0.05, 0.1) is 10.6 Å². The monoisotopic (exact) mass is 494 g/mol. The van der Waals surface area contributed by atoms with E-state index in [1.165, 1.54) is 23.9 Å². The first-order valence-corrected chi connectivity index (χ1v) is 12.6. The van der Waals surface area contributed by atoms with Crippen LogP contribution in [-0.2, 0) is 20.6 Å². The van der Waals surface area contributed by atoms with Crippen molar-refractivity contribution in [3.8, 4) is 0 Å². The quantitative estimate of drug-likeness (QED) is 0.404. The van der Waals surface area contributed by atoms with Crippen LogP contribution in [0.4, 0.5) is 11.4 Å². The summed E-state index contributed by atoms with van der Waals surface area (Å²) in [6, 6.07) is 18.3. The Morgan fingerprint density at radius 1 is 0.903 bits per heavy atom. The number of amides is 1. The number of nitrogens with one attached hydrogen (secondary N) is 2. The van der Waals surface area contributed by atoms with Gasteiger partial charge in [0.1, 0.15) is 0 Å². The van der Waals surface area contributed by atoms with Crippen LogP contribution in [0.1, 0.15) is 11.1 Å². The Labute approximate surface area is 196 Å². The van der Waals surface area contributed by atoms with Crippen LogP contribution in [-0.4, -0.2) is 20.1 Å². The summed E-state index contributed by atoms with van der Waals surface area (Å²) in [7, 11) is -3.72. The van der Waals surface area contributed by atoms with Crippen molar-refractivity contribution in [1.82, 2.24) is 0 Å². The Bertz CT molecular complexity index is 1150. The third-order valence-corrected chi connectivity index (χ3v) is 7.36. The lowest BCUT2D eigenvalue weighted by Crippen LogP contribution is -2.15. The second-order valence-corrected chi connectivity index (χ2v) is 10.2. The Morgan fingerprint density at radius 3 is 2.10 bits per heavy atom. The molecular weight excluding hydrogens is 475 g/mol. The number of hydrogen-bond donors (Lipinski definition) is 2. The number of rotatable bonds is 8. The third kappa shape index (κ3) is 6.64. The summed E-state index contributed by atoms with van der Waals surface area (Å²) in [5.74, 6) is 0.506. The molecule has 0 fully saturated rings. The van der Waals surface area contributed by atoms with Crippen molar-refractivity contribution in [2.75, 3.05) is 15.8 Å². The lowest BCUT2D eigenvalue weighted by molar-refractivity contribution is -0.113. The highest BCUT2D eigenvalue weighted by atomic mass is 35.5. The first-order valence-electron chi connectivity index (χ1n) is 9.24. The molecule has 0 atom stereocenters. The van der Waals surface area contributed by atoms with Gasteiger partial charge in [0.25, 0.3) is 10.0 Å². The first-order chi connectivity index (χ1) is 14.7. The molecule has 162 valence electrons. The van der Waals surface area contributed by atoms with E-state index in [1.54, 1.807) is 42.5 Å². The van der Waals surface area contributed by atoms with Crippen molar-refractivity contribution >= 4 is 62.3 Å². The Balaban J connectivity index is 1.54. The number of benzene rings is 3. The van der Waals surface area contributed by atoms with Crippen molar-refractivity contribution in [2.24, 2.45) is 0 Å². The molecule has 0 unspecified atom stereocenters. The van der Waals surface area contributed by atoms with Gasteiger partial charge in [-0.1, -0.05) is 47.0 Å². The fraction of sp³-hybridized carbons (Fsp3) is 0.136. The van der Waals surface area contributed by atoms with Gasteiger partial charge in [-0.15, -0.1) is 11.8 Å². The standard InChI is InChI=1S/C22H20Cl2N2O3S2/c1-15-5-7-17(8-6-15)26-31(28,29)18-11-9-16(10-12-18)25-22(27)14-30-13-19-20(23)3-2-4-21(19)24/h2-12,26H,13-14H2,1H3,(H,25,27). The Hall–Kier alpha value is -2.19. The smallest absolute Gasteiger partial charge is 0.261 e. The highest BCUT2D eigenvalue weighted by Gasteiger charge is 2.14. The van der Waals surface area contributed by atoms with Crippen molar-refractivity contribution in [3.63, 3.8) is 0 Å². The van der Waals surface area contributed by atoms with Crippen LogP contribution in [0.25, 0.3) is 0 Å². The molecule has 31 heavy (non-hydrogen) atoms. The molecule has 0 saturated heterocycles. The lowest BCUT2D eigenvalue weighted by atomic mass is 10.2. The fourth-order valence-electron chi connectivity index (χ4n) is 2.67. The van der Waals surface area contributed by atoms with E-state index in [-0.39, 0.29) is 16.6 Å². The molecule has 0 radical (unpaired) electrons. The van der Waals surface area contributed by atoms with E-state index in [1.807, 2.05) is 19.1 Å². The van der Waals surface area contributed by atoms with Gasteiger partial charge in [-0.05, 0) is 61.0 Å². The Kier molecular flexibility index (Phi) is 7.89. The van der Waals surface area contributed by atoms with E-state index < -0.39 is 10.0 Å². The summed E-state index contributed by atoms with van der Waals surface area (Å²) in [6.45, 7) is 1.93. The van der Waals surface area contributed by atoms with Crippen molar-refractivity contribution in [1.29, 1.82) is 0 Å². The number of carbonyl (C=O) groups is 1. The molecule has 2 N–H and O–H groups in total. The molecule has 0 heterocycles. The van der Waals surface area contributed by atoms with Gasteiger partial charge >= 0.3 is 0 Å². The molecule has 0 aliphatic heterocycles. The number of carbonyl (C=O) groups excluding carboxylic acids is 1. The van der Waals surface area contributed by atoms with E-state index in [2.05, 4.69) is 10.0 Å². The molecule has 1 amide bonds. The van der Waals surface area contributed by atoms with Gasteiger partial charge in [0.15, 0.2) is 0 Å². The molecule has 0 aliphatic rings. The summed E-state index contributed by atoms with van der Waals surface area (Å²) in [4.78, 5) is 12.3. The topological polar surface area (TPSA) is 75.3 Å². The second-order valence-electron chi connectivity index (χ2n) is 6.74. The first kappa shape index (κ1) is 23.5. The predicted octanol–water partition coefficient (Wildman–Crippen LogP) is 5.97. The SMILES string of the molecule is Cc1ccc(NS(=O)(=O)c2ccc(NC(=O)CSCc3c(Cl)cccc3Cl)cc2)cc1. The number of sulfonamides is 1. The molecule has 0 bridgehead atoms. The van der Waals surface area contributed by atoms with Crippen molar-refractivity contribution in [3.05, 3.63) is 87.9 Å². The average molecular weight is 495 g/mol. The van der Waals surface area contributed by atoms with Gasteiger partial charge in [-0.2, -0.15) is 0 Å². The van der Waals surface area contributed by atoms with Gasteiger partial charge < -0.3 is 5.32 Å². The van der Waals surface area contributed by atoms with Crippen molar-refractivity contribution in [2.45, 2.75) is 17.6 Å². The lowest BCUT2D eigenvalue weighted by Gasteiger charge is -2.10. The van der Waals surface area contributed by atoms with Gasteiger partial charge in [-0.3, -0.25) is 9.52 Å². The average Bonchev–Trinajstić information content (AvgIpc) is 2.72. The normalized spacial score (nSPS) is 11.2. The van der Waals surface area contributed by atoms with Crippen LogP contribution in [0.2, 0.25) is 10.0 Å². The molecule has 3 aromatic rings. The van der Waals surface area contributed by atoms with Crippen LogP contribution in [0.5, 0.6) is 0 Å². The summed E-state index contributed by atoms with van der Waals surface area (Å²) in [6.07, 6.45) is 0. The number of thioether (sulfide) groups is 1. The zero-order valence-corrected chi connectivity index (χ0v) is 19.7. The van der Waals surface area contributed by atoms with E-state index in [0.29, 0.717) is 27.2 Å². The van der Waals surface area contributed by atoms with E-state index >= 15 is 0 Å². The van der Waals surface area contributed by atoms with Crippen LogP contribution in [0.15, 0.2) is 71.6 Å². The fourth-order valence-corrected chi connectivity index (χ4v) is 5.29. The third-order valence-electron chi connectivity index (χ3n) is 4.29. The van der Waals surface area contributed by atoms with E-state index in [9.17, 15) is 13.2 Å². The number of halogens is 2. The molecule has 0 aromatic heterocycles. The minimum Gasteiger partial charge on any atom is -0.325 e. The highest BCUT2D eigenvalue weighted by Crippen LogP contribution is 2.28. The summed E-state index contributed by atoms with van der Waals surface area (Å²) < 4.78 is 27.6. The molecular formula is C22H20Cl2N2O3S2. The number of hydrogen-bond acceptors (Lipinski definition) is 4. The van der Waals surface area contributed by atoms with Gasteiger partial charge in [-0.25, -0.2) is 8.42 Å². The maximum Gasteiger partial charge on any atom is 0.261 e. The molecule has 5 nitrogen and oxygen atoms in total. The maximum atomic E-state index is 12.5. The van der Waals surface area contributed by atoms with Crippen LogP contribution in [0, 0.1) is 6.92 Å². The molecule has 0 saturated carbocycles. The highest BCUT2D eigenvalue weighted by molar-refractivity contribution is 7.99. The van der Waals surface area contributed by atoms with Crippen LogP contribution in [0.3, 0.4) is 0 Å². The zero-order valence-electron chi connectivity index (χ0n) is 16.6. The van der Waals surface area contributed by atoms with E-state index in [0.717, 1.165) is 11.1 Å². The zero-order chi connectivity index (χ0) is 22.4. The minimum absolute atomic E-state index is 0.105. The maximum absolute atomic E-state index is 12.5. The predicted molar refractivity (Wildman–Crippen MR) is 130 cm³/mol. The Morgan fingerprint density at radius 2 is 1.48 bits per heavy atom. The van der Waals surface area contributed by atoms with Gasteiger partial charge in [0.2, 0.25) is 5.91 Å². The largest absolute Gasteiger partial charge is 0.325 e. The van der Waals surface area contributed by atoms with Crippen molar-refractivity contribution < 1.29 is 13.2 Å². The molecule has 9 heteroatoms. The molecule has 0 spiro atoms. The second kappa shape index (κ2) is 10.4. The molecule has 3 rings (SSSR count). The minimum atomic E-state index is -3.72.